The van der Waals surface area contributed by atoms with Crippen molar-refractivity contribution in [3.63, 3.8) is 0 Å². The molecule has 1 saturated carbocycles. The molecule has 90 valence electrons. The first-order valence-corrected chi connectivity index (χ1v) is 5.62. The molecule has 0 amide bonds. The summed E-state index contributed by atoms with van der Waals surface area (Å²) in [5.74, 6) is -0.379. The Kier molecular flexibility index (Phi) is 2.14. The van der Waals surface area contributed by atoms with Crippen LogP contribution in [0.2, 0.25) is 0 Å². The highest BCUT2D eigenvalue weighted by Gasteiger charge is 2.43. The SMILES string of the molecule is NC1=NC(N)([C@H]2CC[C@@H](O)C2)N=C2N=CN=C12. The summed E-state index contributed by atoms with van der Waals surface area (Å²) >= 11 is 0. The highest BCUT2D eigenvalue weighted by molar-refractivity contribution is 6.70. The summed E-state index contributed by atoms with van der Waals surface area (Å²) in [5, 5.41) is 9.56. The number of aliphatic hydroxyl groups excluding tert-OH is 1. The molecule has 0 aromatic heterocycles. The van der Waals surface area contributed by atoms with Gasteiger partial charge < -0.3 is 10.8 Å². The first kappa shape index (κ1) is 10.5. The van der Waals surface area contributed by atoms with Gasteiger partial charge in [0.15, 0.2) is 17.4 Å². The van der Waals surface area contributed by atoms with E-state index in [4.69, 9.17) is 11.5 Å². The van der Waals surface area contributed by atoms with Crippen LogP contribution in [0.25, 0.3) is 0 Å². The number of rotatable bonds is 1. The molecule has 0 aromatic rings. The van der Waals surface area contributed by atoms with Crippen LogP contribution in [-0.2, 0) is 0 Å². The number of hydrogen-bond acceptors (Lipinski definition) is 7. The second-order valence-electron chi connectivity index (χ2n) is 4.60. The second-order valence-corrected chi connectivity index (χ2v) is 4.60. The average Bonchev–Trinajstić information content (AvgIpc) is 2.86. The van der Waals surface area contributed by atoms with E-state index in [2.05, 4.69) is 20.0 Å². The van der Waals surface area contributed by atoms with Crippen LogP contribution < -0.4 is 11.5 Å². The van der Waals surface area contributed by atoms with Crippen LogP contribution in [0, 0.1) is 5.92 Å². The zero-order valence-electron chi connectivity index (χ0n) is 9.24. The predicted molar refractivity (Wildman–Crippen MR) is 65.3 cm³/mol. The predicted octanol–water partition coefficient (Wildman–Crippen LogP) is -0.988. The van der Waals surface area contributed by atoms with Gasteiger partial charge in [0.2, 0.25) is 5.79 Å². The van der Waals surface area contributed by atoms with Gasteiger partial charge in [-0.2, -0.15) is 0 Å². The molecule has 3 rings (SSSR count). The first-order chi connectivity index (χ1) is 8.08. The van der Waals surface area contributed by atoms with E-state index in [1.165, 1.54) is 6.34 Å². The molecular formula is C10H14N6O. The van der Waals surface area contributed by atoms with Crippen molar-refractivity contribution in [2.75, 3.05) is 0 Å². The Labute approximate surface area is 98.1 Å². The smallest absolute Gasteiger partial charge is 0.209 e. The van der Waals surface area contributed by atoms with Crippen molar-refractivity contribution in [3.05, 3.63) is 0 Å². The highest BCUT2D eigenvalue weighted by Crippen LogP contribution is 2.36. The van der Waals surface area contributed by atoms with E-state index >= 15 is 0 Å². The van der Waals surface area contributed by atoms with Crippen molar-refractivity contribution in [1.29, 1.82) is 0 Å². The number of amidine groups is 2. The molecule has 1 aliphatic carbocycles. The third kappa shape index (κ3) is 1.58. The van der Waals surface area contributed by atoms with Crippen LogP contribution in [-0.4, -0.2) is 40.7 Å². The van der Waals surface area contributed by atoms with Crippen LogP contribution in [0.5, 0.6) is 0 Å². The second kappa shape index (κ2) is 3.44. The summed E-state index contributed by atoms with van der Waals surface area (Å²) in [4.78, 5) is 16.6. The van der Waals surface area contributed by atoms with Crippen LogP contribution in [0.15, 0.2) is 20.0 Å². The van der Waals surface area contributed by atoms with E-state index in [1.54, 1.807) is 0 Å². The van der Waals surface area contributed by atoms with Crippen molar-refractivity contribution >= 4 is 23.7 Å². The van der Waals surface area contributed by atoms with E-state index < -0.39 is 5.79 Å². The Morgan fingerprint density at radius 2 is 2.18 bits per heavy atom. The fourth-order valence-corrected chi connectivity index (χ4v) is 2.49. The fourth-order valence-electron chi connectivity index (χ4n) is 2.49. The van der Waals surface area contributed by atoms with Gasteiger partial charge in [0, 0.05) is 5.92 Å². The number of fused-ring (bicyclic) bond motifs is 1. The molecule has 0 radical (unpaired) electrons. The number of nitrogens with zero attached hydrogens (tertiary/aromatic N) is 4. The molecule has 5 N–H and O–H groups in total. The van der Waals surface area contributed by atoms with Crippen molar-refractivity contribution in [2.45, 2.75) is 31.2 Å². The molecule has 7 heteroatoms. The summed E-state index contributed by atoms with van der Waals surface area (Å²) in [6, 6.07) is 0. The Morgan fingerprint density at radius 1 is 1.35 bits per heavy atom. The fraction of sp³-hybridized carbons (Fsp3) is 0.600. The lowest BCUT2D eigenvalue weighted by Gasteiger charge is -2.30. The molecule has 3 atom stereocenters. The van der Waals surface area contributed by atoms with Crippen molar-refractivity contribution < 1.29 is 5.11 Å². The highest BCUT2D eigenvalue weighted by atomic mass is 16.3. The lowest BCUT2D eigenvalue weighted by molar-refractivity contribution is 0.167. The minimum absolute atomic E-state index is 0.000833. The van der Waals surface area contributed by atoms with E-state index in [0.29, 0.717) is 18.0 Å². The minimum Gasteiger partial charge on any atom is -0.393 e. The standard InChI is InChI=1S/C10H14N6O/c11-8-7-9(14-4-13-7)16-10(12,15-8)5-1-2-6(17)3-5/h4-6,17H,1-3,12H2,(H2,11,15)/t5-,6+,10?/m0/s1. The van der Waals surface area contributed by atoms with Gasteiger partial charge >= 0.3 is 0 Å². The van der Waals surface area contributed by atoms with Gasteiger partial charge in [-0.3, -0.25) is 5.73 Å². The molecule has 2 heterocycles. The summed E-state index contributed by atoms with van der Waals surface area (Å²) in [7, 11) is 0. The van der Waals surface area contributed by atoms with Crippen LogP contribution in [0.3, 0.4) is 0 Å². The van der Waals surface area contributed by atoms with E-state index in [0.717, 1.165) is 12.8 Å². The molecule has 0 spiro atoms. The Morgan fingerprint density at radius 3 is 2.88 bits per heavy atom. The van der Waals surface area contributed by atoms with Crippen molar-refractivity contribution in [2.24, 2.45) is 37.4 Å². The van der Waals surface area contributed by atoms with Crippen LogP contribution in [0.1, 0.15) is 19.3 Å². The summed E-state index contributed by atoms with van der Waals surface area (Å²) in [5.41, 5.74) is 12.5. The van der Waals surface area contributed by atoms with Crippen molar-refractivity contribution in [1.82, 2.24) is 0 Å². The maximum Gasteiger partial charge on any atom is 0.209 e. The van der Waals surface area contributed by atoms with Gasteiger partial charge in [0.25, 0.3) is 0 Å². The van der Waals surface area contributed by atoms with Crippen LogP contribution >= 0.6 is 0 Å². The monoisotopic (exact) mass is 234 g/mol. The maximum absolute atomic E-state index is 9.56. The summed E-state index contributed by atoms with van der Waals surface area (Å²) in [6.07, 6.45) is 3.20. The topological polar surface area (TPSA) is 122 Å². The first-order valence-electron chi connectivity index (χ1n) is 5.62. The molecule has 7 nitrogen and oxygen atoms in total. The van der Waals surface area contributed by atoms with Gasteiger partial charge in [-0.15, -0.1) is 0 Å². The Balaban J connectivity index is 1.96. The maximum atomic E-state index is 9.56. The Hall–Kier alpha value is -1.60. The largest absolute Gasteiger partial charge is 0.393 e. The molecule has 2 aliphatic heterocycles. The quantitative estimate of drug-likeness (QED) is 0.540. The number of aliphatic imine (C=N–C) groups is 4. The van der Waals surface area contributed by atoms with Gasteiger partial charge in [0.05, 0.1) is 6.10 Å². The molecule has 1 fully saturated rings. The minimum atomic E-state index is -1.10. The van der Waals surface area contributed by atoms with Gasteiger partial charge in [-0.1, -0.05) is 0 Å². The molecule has 0 bridgehead atoms. The average molecular weight is 234 g/mol. The van der Waals surface area contributed by atoms with Crippen LogP contribution in [0.4, 0.5) is 0 Å². The zero-order chi connectivity index (χ0) is 12.0. The zero-order valence-corrected chi connectivity index (χ0v) is 9.24. The third-order valence-corrected chi connectivity index (χ3v) is 3.41. The van der Waals surface area contributed by atoms with Gasteiger partial charge in [-0.25, -0.2) is 20.0 Å². The summed E-state index contributed by atoms with van der Waals surface area (Å²) in [6.45, 7) is 0. The van der Waals surface area contributed by atoms with E-state index in [1.807, 2.05) is 0 Å². The lowest BCUT2D eigenvalue weighted by atomic mass is 9.98. The molecular weight excluding hydrogens is 220 g/mol. The normalized spacial score (nSPS) is 39.8. The number of nitrogens with two attached hydrogens (primary N) is 2. The Bertz CT molecular complexity index is 479. The van der Waals surface area contributed by atoms with E-state index in [-0.39, 0.29) is 17.9 Å². The number of aliphatic hydroxyl groups is 1. The molecule has 1 unspecified atom stereocenters. The molecule has 0 saturated heterocycles. The molecule has 0 aromatic carbocycles. The molecule has 17 heavy (non-hydrogen) atoms. The van der Waals surface area contributed by atoms with Crippen molar-refractivity contribution in [3.8, 4) is 0 Å². The lowest BCUT2D eigenvalue weighted by Crippen LogP contribution is -2.50. The van der Waals surface area contributed by atoms with Gasteiger partial charge in [0.1, 0.15) is 6.34 Å². The third-order valence-electron chi connectivity index (χ3n) is 3.41. The summed E-state index contributed by atoms with van der Waals surface area (Å²) < 4.78 is 0. The van der Waals surface area contributed by atoms with E-state index in [9.17, 15) is 5.11 Å². The van der Waals surface area contributed by atoms with Gasteiger partial charge in [-0.05, 0) is 19.3 Å². The molecule has 3 aliphatic rings. The number of hydrogen-bond donors (Lipinski definition) is 3.